The van der Waals surface area contributed by atoms with Crippen LogP contribution in [0.1, 0.15) is 30.7 Å². The first kappa shape index (κ1) is 20.7. The Balaban J connectivity index is 1.14. The van der Waals surface area contributed by atoms with Crippen LogP contribution in [0, 0.1) is 5.92 Å². The lowest BCUT2D eigenvalue weighted by atomic mass is 9.85. The number of fused-ring (bicyclic) bond motifs is 2. The van der Waals surface area contributed by atoms with Gasteiger partial charge in [-0.05, 0) is 49.8 Å². The Kier molecular flexibility index (Phi) is 5.78. The summed E-state index contributed by atoms with van der Waals surface area (Å²) in [5, 5.41) is 1.20. The molecule has 4 heterocycles. The van der Waals surface area contributed by atoms with Gasteiger partial charge in [0.1, 0.15) is 11.3 Å². The van der Waals surface area contributed by atoms with Crippen molar-refractivity contribution >= 4 is 38.4 Å². The van der Waals surface area contributed by atoms with E-state index in [1.165, 1.54) is 9.71 Å². The van der Waals surface area contributed by atoms with Crippen molar-refractivity contribution < 1.29 is 9.47 Å². The van der Waals surface area contributed by atoms with E-state index in [0.29, 0.717) is 5.92 Å². The number of rotatable bonds is 5. The third kappa shape index (κ3) is 4.50. The molecule has 170 valence electrons. The normalized spacial score (nSPS) is 21.5. The molecule has 7 nitrogen and oxygen atoms in total. The maximum atomic E-state index is 6.56. The number of morpholine rings is 1. The molecule has 0 spiro atoms. The first-order chi connectivity index (χ1) is 16.3. The summed E-state index contributed by atoms with van der Waals surface area (Å²) in [5.74, 6) is 1.50. The minimum absolute atomic E-state index is 0.212. The van der Waals surface area contributed by atoms with Gasteiger partial charge in [-0.3, -0.25) is 4.98 Å². The van der Waals surface area contributed by atoms with E-state index >= 15 is 0 Å². The summed E-state index contributed by atoms with van der Waals surface area (Å²) in [4.78, 5) is 20.6. The lowest BCUT2D eigenvalue weighted by Gasteiger charge is -2.31. The predicted octanol–water partition coefficient (Wildman–Crippen LogP) is 4.65. The van der Waals surface area contributed by atoms with E-state index in [2.05, 4.69) is 38.1 Å². The van der Waals surface area contributed by atoms with Crippen LogP contribution in [0.5, 0.6) is 5.75 Å². The molecule has 2 aliphatic rings. The van der Waals surface area contributed by atoms with E-state index < -0.39 is 0 Å². The number of benzene rings is 1. The van der Waals surface area contributed by atoms with Gasteiger partial charge in [-0.1, -0.05) is 0 Å². The lowest BCUT2D eigenvalue weighted by molar-refractivity contribution is 0.122. The summed E-state index contributed by atoms with van der Waals surface area (Å²) in [7, 11) is 0. The van der Waals surface area contributed by atoms with Gasteiger partial charge in [-0.25, -0.2) is 15.0 Å². The third-order valence-corrected chi connectivity index (χ3v) is 7.69. The number of anilines is 1. The number of hydrogen-bond acceptors (Lipinski definition) is 8. The second-order valence-corrected chi connectivity index (χ2v) is 9.98. The minimum Gasteiger partial charge on any atom is -0.488 e. The number of hydrogen-bond donors (Lipinski definition) is 0. The Morgan fingerprint density at radius 3 is 2.70 bits per heavy atom. The number of ether oxygens (including phenoxy) is 2. The topological polar surface area (TPSA) is 73.3 Å². The average molecular weight is 462 g/mol. The third-order valence-electron chi connectivity index (χ3n) is 6.66. The van der Waals surface area contributed by atoms with Crippen LogP contribution < -0.4 is 9.64 Å². The highest BCUT2D eigenvalue weighted by Gasteiger charge is 2.25. The van der Waals surface area contributed by atoms with Gasteiger partial charge in [0.15, 0.2) is 5.65 Å². The summed E-state index contributed by atoms with van der Waals surface area (Å²) >= 11 is 1.78. The number of thiazole rings is 1. The predicted molar refractivity (Wildman–Crippen MR) is 130 cm³/mol. The maximum Gasteiger partial charge on any atom is 0.170 e. The van der Waals surface area contributed by atoms with Crippen LogP contribution in [0.25, 0.3) is 21.4 Å². The molecule has 1 saturated carbocycles. The summed E-state index contributed by atoms with van der Waals surface area (Å²) in [6, 6.07) is 8.34. The molecule has 4 aromatic rings. The number of nitrogens with zero attached hydrogens (tertiary/aromatic N) is 5. The van der Waals surface area contributed by atoms with E-state index in [0.717, 1.165) is 86.5 Å². The molecule has 1 aromatic carbocycles. The second-order valence-electron chi connectivity index (χ2n) is 8.86. The SMILES string of the molecule is c1cnc2nc(CC3CCC(Oc4cc(N5CCOCC5)cc5nccnc45)CC3)sc2c1. The molecule has 1 aliphatic heterocycles. The van der Waals surface area contributed by atoms with Crippen LogP contribution in [0.15, 0.2) is 42.9 Å². The molecule has 0 amide bonds. The molecule has 0 unspecified atom stereocenters. The zero-order valence-corrected chi connectivity index (χ0v) is 19.3. The summed E-state index contributed by atoms with van der Waals surface area (Å²) in [5.41, 5.74) is 3.75. The van der Waals surface area contributed by atoms with Crippen molar-refractivity contribution in [1.29, 1.82) is 0 Å². The number of aromatic nitrogens is 4. The molecular weight excluding hydrogens is 434 g/mol. The largest absolute Gasteiger partial charge is 0.488 e. The van der Waals surface area contributed by atoms with Crippen molar-refractivity contribution in [1.82, 2.24) is 19.9 Å². The quantitative estimate of drug-likeness (QED) is 0.428. The van der Waals surface area contributed by atoms with Crippen LogP contribution in [0.2, 0.25) is 0 Å². The fraction of sp³-hybridized carbons (Fsp3) is 0.440. The van der Waals surface area contributed by atoms with E-state index in [1.807, 2.05) is 12.3 Å². The molecule has 1 aliphatic carbocycles. The van der Waals surface area contributed by atoms with Crippen LogP contribution >= 0.6 is 11.3 Å². The molecule has 8 heteroatoms. The number of pyridine rings is 1. The van der Waals surface area contributed by atoms with Gasteiger partial charge in [0.2, 0.25) is 0 Å². The maximum absolute atomic E-state index is 6.56. The molecule has 0 atom stereocenters. The summed E-state index contributed by atoms with van der Waals surface area (Å²) in [6.07, 6.45) is 11.0. The van der Waals surface area contributed by atoms with Crippen molar-refractivity contribution in [2.45, 2.75) is 38.2 Å². The van der Waals surface area contributed by atoms with Gasteiger partial charge in [0, 0.05) is 49.9 Å². The molecule has 1 saturated heterocycles. The van der Waals surface area contributed by atoms with Gasteiger partial charge in [0.05, 0.1) is 34.5 Å². The van der Waals surface area contributed by atoms with Crippen molar-refractivity contribution in [2.75, 3.05) is 31.2 Å². The summed E-state index contributed by atoms with van der Waals surface area (Å²) < 4.78 is 13.3. The lowest BCUT2D eigenvalue weighted by Crippen LogP contribution is -2.36. The molecule has 0 bridgehead atoms. The summed E-state index contributed by atoms with van der Waals surface area (Å²) in [6.45, 7) is 3.28. The van der Waals surface area contributed by atoms with Crippen molar-refractivity contribution in [3.63, 3.8) is 0 Å². The van der Waals surface area contributed by atoms with Gasteiger partial charge in [-0.2, -0.15) is 0 Å². The first-order valence-electron chi connectivity index (χ1n) is 11.8. The Bertz CT molecular complexity index is 1220. The van der Waals surface area contributed by atoms with Crippen LogP contribution in [-0.2, 0) is 11.2 Å². The van der Waals surface area contributed by atoms with E-state index in [4.69, 9.17) is 14.5 Å². The Morgan fingerprint density at radius 1 is 1.00 bits per heavy atom. The van der Waals surface area contributed by atoms with Gasteiger partial charge < -0.3 is 14.4 Å². The van der Waals surface area contributed by atoms with E-state index in [-0.39, 0.29) is 6.10 Å². The fourth-order valence-corrected chi connectivity index (χ4v) is 5.95. The molecule has 3 aromatic heterocycles. The van der Waals surface area contributed by atoms with E-state index in [9.17, 15) is 0 Å². The highest BCUT2D eigenvalue weighted by molar-refractivity contribution is 7.18. The molecule has 0 radical (unpaired) electrons. The zero-order valence-electron chi connectivity index (χ0n) is 18.5. The molecule has 6 rings (SSSR count). The standard InChI is InChI=1S/C25H27N5O2S/c1-2-22-25(28-7-1)29-23(33-22)14-17-3-5-19(6-4-17)32-21-16-18(30-10-12-31-13-11-30)15-20-24(21)27-9-8-26-20/h1-2,7-9,15-17,19H,3-6,10-14H2. The average Bonchev–Trinajstić information content (AvgIpc) is 3.28. The first-order valence-corrected chi connectivity index (χ1v) is 12.6. The van der Waals surface area contributed by atoms with Gasteiger partial charge in [0.25, 0.3) is 0 Å². The molecule has 2 fully saturated rings. The monoisotopic (exact) mass is 461 g/mol. The Labute approximate surface area is 196 Å². The highest BCUT2D eigenvalue weighted by atomic mass is 32.1. The van der Waals surface area contributed by atoms with Gasteiger partial charge >= 0.3 is 0 Å². The minimum atomic E-state index is 0.212. The smallest absolute Gasteiger partial charge is 0.170 e. The van der Waals surface area contributed by atoms with Crippen LogP contribution in [-0.4, -0.2) is 52.3 Å². The molecular formula is C25H27N5O2S. The van der Waals surface area contributed by atoms with Crippen LogP contribution in [0.3, 0.4) is 0 Å². The second kappa shape index (κ2) is 9.19. The Morgan fingerprint density at radius 2 is 1.85 bits per heavy atom. The zero-order chi connectivity index (χ0) is 22.0. The Hall–Kier alpha value is -2.84. The van der Waals surface area contributed by atoms with Gasteiger partial charge in [-0.15, -0.1) is 11.3 Å². The van der Waals surface area contributed by atoms with Crippen molar-refractivity contribution in [3.05, 3.63) is 47.9 Å². The van der Waals surface area contributed by atoms with E-state index in [1.54, 1.807) is 23.7 Å². The van der Waals surface area contributed by atoms with Crippen molar-refractivity contribution in [2.24, 2.45) is 5.92 Å². The molecule has 0 N–H and O–H groups in total. The van der Waals surface area contributed by atoms with Crippen LogP contribution in [0.4, 0.5) is 5.69 Å². The van der Waals surface area contributed by atoms with Crippen molar-refractivity contribution in [3.8, 4) is 5.75 Å². The fourth-order valence-electron chi connectivity index (χ4n) is 4.90. The molecule has 33 heavy (non-hydrogen) atoms. The highest BCUT2D eigenvalue weighted by Crippen LogP contribution is 2.35.